The fraction of sp³-hybridized carbons (Fsp3) is 0.136. The minimum atomic E-state index is -1.32. The topological polar surface area (TPSA) is 120 Å². The quantitative estimate of drug-likeness (QED) is 0.334. The molecule has 0 bridgehead atoms. The molecule has 0 radical (unpaired) electrons. The normalized spacial score (nSPS) is 11.2. The van der Waals surface area contributed by atoms with Crippen molar-refractivity contribution in [3.63, 3.8) is 0 Å². The van der Waals surface area contributed by atoms with Crippen molar-refractivity contribution in [1.82, 2.24) is 0 Å². The highest BCUT2D eigenvalue weighted by Crippen LogP contribution is 2.34. The first-order valence-electron chi connectivity index (χ1n) is 8.92. The molecule has 0 heterocycles. The lowest BCUT2D eigenvalue weighted by atomic mass is 9.98. The van der Waals surface area contributed by atoms with E-state index in [4.69, 9.17) is 20.1 Å². The number of rotatable bonds is 8. The zero-order valence-corrected chi connectivity index (χ0v) is 16.4. The maximum absolute atomic E-state index is 12.8. The first-order valence-corrected chi connectivity index (χ1v) is 8.92. The Bertz CT molecular complexity index is 1130. The van der Waals surface area contributed by atoms with Crippen molar-refractivity contribution in [2.75, 3.05) is 20.8 Å². The van der Waals surface area contributed by atoms with E-state index in [2.05, 4.69) is 5.10 Å². The number of hydrogen-bond donors (Lipinski definition) is 2. The van der Waals surface area contributed by atoms with Gasteiger partial charge in [0.15, 0.2) is 18.1 Å². The standard InChI is InChI=1S/C22H20N2O6/c1-28-18-11-10-15(19(22(26)27)21(18)29-2)20(24-23)16(25)12-30-17-9-5-7-13-6-3-4-8-14(13)17/h3-11H,12,23H2,1-2H3,(H,26,27)/b24-20+. The summed E-state index contributed by atoms with van der Waals surface area (Å²) in [4.78, 5) is 24.7. The Labute approximate surface area is 172 Å². The molecule has 0 atom stereocenters. The lowest BCUT2D eigenvalue weighted by Crippen LogP contribution is -2.26. The second kappa shape index (κ2) is 8.95. The molecule has 0 fully saturated rings. The molecule has 0 saturated heterocycles. The predicted molar refractivity (Wildman–Crippen MR) is 112 cm³/mol. The van der Waals surface area contributed by atoms with E-state index in [1.54, 1.807) is 6.07 Å². The van der Waals surface area contributed by atoms with Crippen LogP contribution in [0.2, 0.25) is 0 Å². The van der Waals surface area contributed by atoms with Gasteiger partial charge in [-0.05, 0) is 23.6 Å². The third-order valence-electron chi connectivity index (χ3n) is 4.52. The van der Waals surface area contributed by atoms with E-state index >= 15 is 0 Å². The van der Waals surface area contributed by atoms with Gasteiger partial charge >= 0.3 is 5.97 Å². The average molecular weight is 408 g/mol. The summed E-state index contributed by atoms with van der Waals surface area (Å²) in [6.45, 7) is -0.378. The Morgan fingerprint density at radius 3 is 2.37 bits per heavy atom. The Morgan fingerprint density at radius 2 is 1.70 bits per heavy atom. The Balaban J connectivity index is 1.93. The van der Waals surface area contributed by atoms with Gasteiger partial charge in [0.1, 0.15) is 17.0 Å². The van der Waals surface area contributed by atoms with Gasteiger partial charge in [-0.3, -0.25) is 4.79 Å². The second-order valence-corrected chi connectivity index (χ2v) is 6.20. The molecule has 0 aliphatic carbocycles. The molecular formula is C22H20N2O6. The van der Waals surface area contributed by atoms with Crippen molar-refractivity contribution in [2.24, 2.45) is 10.9 Å². The molecule has 0 aliphatic heterocycles. The molecule has 154 valence electrons. The van der Waals surface area contributed by atoms with Crippen molar-refractivity contribution in [2.45, 2.75) is 0 Å². The van der Waals surface area contributed by atoms with Crippen LogP contribution < -0.4 is 20.1 Å². The molecule has 8 heteroatoms. The molecule has 8 nitrogen and oxygen atoms in total. The number of ether oxygens (including phenoxy) is 3. The number of ketones is 1. The summed E-state index contributed by atoms with van der Waals surface area (Å²) in [7, 11) is 2.68. The summed E-state index contributed by atoms with van der Waals surface area (Å²) in [5.41, 5.74) is -0.512. The van der Waals surface area contributed by atoms with Gasteiger partial charge < -0.3 is 25.2 Å². The molecule has 0 saturated carbocycles. The van der Waals surface area contributed by atoms with Crippen LogP contribution in [0.15, 0.2) is 59.7 Å². The van der Waals surface area contributed by atoms with Crippen molar-refractivity contribution in [1.29, 1.82) is 0 Å². The molecule has 0 aromatic heterocycles. The number of nitrogens with two attached hydrogens (primary N) is 1. The van der Waals surface area contributed by atoms with Crippen LogP contribution in [0.4, 0.5) is 0 Å². The molecule has 0 spiro atoms. The highest BCUT2D eigenvalue weighted by molar-refractivity contribution is 6.47. The van der Waals surface area contributed by atoms with Crippen LogP contribution in [0.5, 0.6) is 17.2 Å². The second-order valence-electron chi connectivity index (χ2n) is 6.20. The van der Waals surface area contributed by atoms with Gasteiger partial charge in [0, 0.05) is 10.9 Å². The zero-order valence-electron chi connectivity index (χ0n) is 16.4. The van der Waals surface area contributed by atoms with Crippen LogP contribution in [0.25, 0.3) is 10.8 Å². The number of carbonyl (C=O) groups excluding carboxylic acids is 1. The number of methoxy groups -OCH3 is 2. The summed E-state index contributed by atoms with van der Waals surface area (Å²) in [6, 6.07) is 15.9. The van der Waals surface area contributed by atoms with Crippen LogP contribution >= 0.6 is 0 Å². The minimum Gasteiger partial charge on any atom is -0.493 e. The highest BCUT2D eigenvalue weighted by atomic mass is 16.5. The number of carboxylic acid groups (broad SMARTS) is 1. The van der Waals surface area contributed by atoms with Crippen LogP contribution in [-0.4, -0.2) is 43.4 Å². The molecule has 0 unspecified atom stereocenters. The zero-order chi connectivity index (χ0) is 21.7. The third-order valence-corrected chi connectivity index (χ3v) is 4.52. The van der Waals surface area contributed by atoms with E-state index in [1.165, 1.54) is 26.4 Å². The molecule has 3 N–H and O–H groups in total. The minimum absolute atomic E-state index is 0.00849. The lowest BCUT2D eigenvalue weighted by molar-refractivity contribution is -0.114. The fourth-order valence-electron chi connectivity index (χ4n) is 3.16. The largest absolute Gasteiger partial charge is 0.493 e. The maximum Gasteiger partial charge on any atom is 0.340 e. The van der Waals surface area contributed by atoms with Crippen molar-refractivity contribution in [3.8, 4) is 17.2 Å². The van der Waals surface area contributed by atoms with E-state index in [0.29, 0.717) is 5.75 Å². The Morgan fingerprint density at radius 1 is 0.967 bits per heavy atom. The number of benzene rings is 3. The summed E-state index contributed by atoms with van der Waals surface area (Å²) in [5, 5.41) is 15.0. The maximum atomic E-state index is 12.8. The van der Waals surface area contributed by atoms with Crippen LogP contribution in [-0.2, 0) is 4.79 Å². The average Bonchev–Trinajstić information content (AvgIpc) is 2.77. The molecule has 3 aromatic carbocycles. The summed E-state index contributed by atoms with van der Waals surface area (Å²) in [5.74, 6) is 4.23. The molecule has 3 aromatic rings. The number of Topliss-reactive ketones (excluding diaryl/α,β-unsaturated/α-hetero) is 1. The van der Waals surface area contributed by atoms with Crippen molar-refractivity contribution >= 4 is 28.2 Å². The number of aromatic carboxylic acids is 1. The number of nitrogens with zero attached hydrogens (tertiary/aromatic N) is 1. The van der Waals surface area contributed by atoms with E-state index in [-0.39, 0.29) is 34.9 Å². The summed E-state index contributed by atoms with van der Waals surface area (Å²) >= 11 is 0. The van der Waals surface area contributed by atoms with E-state index in [9.17, 15) is 14.7 Å². The fourth-order valence-corrected chi connectivity index (χ4v) is 3.16. The Kier molecular flexibility index (Phi) is 6.17. The third kappa shape index (κ3) is 3.88. The van der Waals surface area contributed by atoms with E-state index < -0.39 is 11.8 Å². The first-order chi connectivity index (χ1) is 14.5. The molecule has 0 aliphatic rings. The van der Waals surface area contributed by atoms with Gasteiger partial charge in [-0.2, -0.15) is 5.10 Å². The first kappa shape index (κ1) is 20.7. The van der Waals surface area contributed by atoms with Crippen LogP contribution in [0, 0.1) is 0 Å². The summed E-state index contributed by atoms with van der Waals surface area (Å²) in [6.07, 6.45) is 0. The van der Waals surface area contributed by atoms with Crippen LogP contribution in [0.1, 0.15) is 15.9 Å². The van der Waals surface area contributed by atoms with Gasteiger partial charge in [-0.1, -0.05) is 36.4 Å². The monoisotopic (exact) mass is 408 g/mol. The number of hydrogen-bond acceptors (Lipinski definition) is 7. The van der Waals surface area contributed by atoms with Crippen LogP contribution in [0.3, 0.4) is 0 Å². The van der Waals surface area contributed by atoms with Gasteiger partial charge in [-0.25, -0.2) is 4.79 Å². The molecule has 30 heavy (non-hydrogen) atoms. The summed E-state index contributed by atoms with van der Waals surface area (Å²) < 4.78 is 16.0. The van der Waals surface area contributed by atoms with Crippen molar-refractivity contribution in [3.05, 3.63) is 65.7 Å². The van der Waals surface area contributed by atoms with E-state index in [1.807, 2.05) is 36.4 Å². The van der Waals surface area contributed by atoms with Gasteiger partial charge in [0.25, 0.3) is 0 Å². The number of hydrazone groups is 1. The molecule has 3 rings (SSSR count). The smallest absolute Gasteiger partial charge is 0.340 e. The predicted octanol–water partition coefficient (Wildman–Crippen LogP) is 2.87. The van der Waals surface area contributed by atoms with Gasteiger partial charge in [-0.15, -0.1) is 0 Å². The van der Waals surface area contributed by atoms with Gasteiger partial charge in [0.2, 0.25) is 5.78 Å². The number of carboxylic acids is 1. The number of carbonyl (C=O) groups is 2. The van der Waals surface area contributed by atoms with E-state index in [0.717, 1.165) is 10.8 Å². The molecular weight excluding hydrogens is 388 g/mol. The lowest BCUT2D eigenvalue weighted by Gasteiger charge is -2.15. The number of fused-ring (bicyclic) bond motifs is 1. The SMILES string of the molecule is COc1ccc(/C(=N\N)C(=O)COc2cccc3ccccc23)c(C(=O)O)c1OC. The van der Waals surface area contributed by atoms with Crippen molar-refractivity contribution < 1.29 is 28.9 Å². The highest BCUT2D eigenvalue weighted by Gasteiger charge is 2.27. The molecule has 0 amide bonds. The van der Waals surface area contributed by atoms with Gasteiger partial charge in [0.05, 0.1) is 14.2 Å². The Hall–Kier alpha value is -4.07.